The first-order chi connectivity index (χ1) is 11.1. The molecule has 0 saturated heterocycles. The number of carbonyl (C=O) groups excluding carboxylic acids is 1. The second kappa shape index (κ2) is 8.15. The van der Waals surface area contributed by atoms with Gasteiger partial charge in [0.05, 0.1) is 5.75 Å². The van der Waals surface area contributed by atoms with Gasteiger partial charge in [-0.25, -0.2) is 9.89 Å². The zero-order valence-corrected chi connectivity index (χ0v) is 14.7. The smallest absolute Gasteiger partial charge is 0.293 e. The van der Waals surface area contributed by atoms with Crippen LogP contribution in [0, 0.1) is 0 Å². The van der Waals surface area contributed by atoms with Gasteiger partial charge in [-0.1, -0.05) is 44.7 Å². The van der Waals surface area contributed by atoms with Crippen molar-refractivity contribution in [2.45, 2.75) is 51.7 Å². The second-order valence-corrected chi connectivity index (χ2v) is 6.32. The van der Waals surface area contributed by atoms with Crippen LogP contribution in [0.5, 0.6) is 0 Å². The molecule has 0 aliphatic rings. The summed E-state index contributed by atoms with van der Waals surface area (Å²) in [6, 6.07) is 6.11. The fourth-order valence-corrected chi connectivity index (χ4v) is 3.31. The van der Waals surface area contributed by atoms with Crippen molar-refractivity contribution in [3.05, 3.63) is 45.4 Å². The van der Waals surface area contributed by atoms with Crippen LogP contribution in [0.3, 0.4) is 0 Å². The van der Waals surface area contributed by atoms with E-state index in [9.17, 15) is 9.59 Å². The average Bonchev–Trinajstić information content (AvgIpc) is 2.92. The minimum absolute atomic E-state index is 0.0839. The van der Waals surface area contributed by atoms with Crippen molar-refractivity contribution in [2.75, 3.05) is 5.75 Å². The normalized spacial score (nSPS) is 10.9. The maximum atomic E-state index is 12.6. The lowest BCUT2D eigenvalue weighted by molar-refractivity contribution is 0.102. The first-order valence-corrected chi connectivity index (χ1v) is 9.02. The van der Waals surface area contributed by atoms with E-state index in [1.165, 1.54) is 17.3 Å². The number of ketones is 1. The average molecular weight is 333 g/mol. The molecule has 5 nitrogen and oxygen atoms in total. The van der Waals surface area contributed by atoms with Crippen molar-refractivity contribution in [1.29, 1.82) is 0 Å². The molecule has 1 heterocycles. The van der Waals surface area contributed by atoms with Crippen LogP contribution in [0.25, 0.3) is 0 Å². The van der Waals surface area contributed by atoms with Gasteiger partial charge in [-0.3, -0.25) is 9.36 Å². The molecule has 0 saturated carbocycles. The highest BCUT2D eigenvalue weighted by atomic mass is 32.2. The third-order valence-corrected chi connectivity index (χ3v) is 4.74. The minimum atomic E-state index is -0.218. The van der Waals surface area contributed by atoms with Crippen LogP contribution in [-0.2, 0) is 19.4 Å². The number of nitrogens with zero attached hydrogens (tertiary/aromatic N) is 2. The molecule has 1 aromatic carbocycles. The van der Waals surface area contributed by atoms with Crippen LogP contribution in [0.15, 0.2) is 28.2 Å². The predicted molar refractivity (Wildman–Crippen MR) is 93.4 cm³/mol. The van der Waals surface area contributed by atoms with Gasteiger partial charge < -0.3 is 0 Å². The van der Waals surface area contributed by atoms with E-state index < -0.39 is 0 Å². The molecule has 0 fully saturated rings. The third kappa shape index (κ3) is 4.13. The van der Waals surface area contributed by atoms with Crippen molar-refractivity contribution in [3.63, 3.8) is 0 Å². The third-order valence-electron chi connectivity index (χ3n) is 3.77. The standard InChI is InChI=1S/C17H23N3O2S/c1-4-9-20-16(22)18-19-17(20)23-11-15(21)14-10-12(5-2)7-8-13(14)6-3/h7-8,10H,4-6,9,11H2,1-3H3,(H,18,22). The summed E-state index contributed by atoms with van der Waals surface area (Å²) in [6.45, 7) is 6.74. The summed E-state index contributed by atoms with van der Waals surface area (Å²) in [4.78, 5) is 24.3. The molecule has 0 aliphatic carbocycles. The van der Waals surface area contributed by atoms with Crippen LogP contribution in [0.1, 0.15) is 48.7 Å². The Balaban J connectivity index is 2.15. The fraction of sp³-hybridized carbons (Fsp3) is 0.471. The molecule has 0 bridgehead atoms. The number of benzene rings is 1. The molecule has 0 atom stereocenters. The van der Waals surface area contributed by atoms with Crippen molar-refractivity contribution >= 4 is 17.5 Å². The summed E-state index contributed by atoms with van der Waals surface area (Å²) in [5.41, 5.74) is 2.81. The van der Waals surface area contributed by atoms with Gasteiger partial charge in [0.15, 0.2) is 10.9 Å². The van der Waals surface area contributed by atoms with Crippen molar-refractivity contribution in [3.8, 4) is 0 Å². The quantitative estimate of drug-likeness (QED) is 0.595. The van der Waals surface area contributed by atoms with Crippen LogP contribution in [0.2, 0.25) is 0 Å². The molecule has 0 unspecified atom stereocenters. The maximum Gasteiger partial charge on any atom is 0.343 e. The van der Waals surface area contributed by atoms with Gasteiger partial charge in [0.1, 0.15) is 0 Å². The summed E-state index contributed by atoms with van der Waals surface area (Å²) in [7, 11) is 0. The summed E-state index contributed by atoms with van der Waals surface area (Å²) in [6.07, 6.45) is 2.59. The molecule has 2 aromatic rings. The van der Waals surface area contributed by atoms with E-state index in [1.807, 2.05) is 19.1 Å². The largest absolute Gasteiger partial charge is 0.343 e. The van der Waals surface area contributed by atoms with Crippen molar-refractivity contribution in [1.82, 2.24) is 14.8 Å². The Kier molecular flexibility index (Phi) is 6.21. The summed E-state index contributed by atoms with van der Waals surface area (Å²) < 4.78 is 1.58. The predicted octanol–water partition coefficient (Wildman–Crippen LogP) is 3.08. The molecule has 0 radical (unpaired) electrons. The maximum absolute atomic E-state index is 12.6. The number of carbonyl (C=O) groups is 1. The number of aryl methyl sites for hydroxylation is 2. The molecule has 1 N–H and O–H groups in total. The Labute approximate surface area is 140 Å². The van der Waals surface area contributed by atoms with E-state index >= 15 is 0 Å². The van der Waals surface area contributed by atoms with E-state index in [1.54, 1.807) is 4.57 Å². The van der Waals surface area contributed by atoms with Crippen LogP contribution in [-0.4, -0.2) is 26.3 Å². The molecular formula is C17H23N3O2S. The minimum Gasteiger partial charge on any atom is -0.293 e. The van der Waals surface area contributed by atoms with Gasteiger partial charge in [-0.05, 0) is 36.5 Å². The Morgan fingerprint density at radius 2 is 2.04 bits per heavy atom. The number of aromatic nitrogens is 3. The lowest BCUT2D eigenvalue weighted by Crippen LogP contribution is -2.17. The van der Waals surface area contributed by atoms with Crippen molar-refractivity contribution < 1.29 is 4.79 Å². The summed E-state index contributed by atoms with van der Waals surface area (Å²) in [5.74, 6) is 0.370. The van der Waals surface area contributed by atoms with E-state index in [0.717, 1.165) is 30.4 Å². The molecule has 0 amide bonds. The molecule has 0 aliphatic heterocycles. The lowest BCUT2D eigenvalue weighted by Gasteiger charge is -2.09. The zero-order valence-electron chi connectivity index (χ0n) is 13.9. The molecule has 0 spiro atoms. The number of hydrogen-bond donors (Lipinski definition) is 1. The first kappa shape index (κ1) is 17.5. The van der Waals surface area contributed by atoms with Gasteiger partial charge in [-0.2, -0.15) is 0 Å². The van der Waals surface area contributed by atoms with Crippen LogP contribution < -0.4 is 5.69 Å². The number of rotatable bonds is 8. The highest BCUT2D eigenvalue weighted by molar-refractivity contribution is 7.99. The Morgan fingerprint density at radius 3 is 2.70 bits per heavy atom. The van der Waals surface area contributed by atoms with Crippen LogP contribution >= 0.6 is 11.8 Å². The molecular weight excluding hydrogens is 310 g/mol. The zero-order chi connectivity index (χ0) is 16.8. The van der Waals surface area contributed by atoms with E-state index in [0.29, 0.717) is 11.7 Å². The summed E-state index contributed by atoms with van der Waals surface area (Å²) in [5, 5.41) is 7.04. The van der Waals surface area contributed by atoms with Gasteiger partial charge in [-0.15, -0.1) is 5.10 Å². The number of aromatic amines is 1. The Bertz CT molecular complexity index is 734. The highest BCUT2D eigenvalue weighted by Gasteiger charge is 2.15. The number of nitrogens with one attached hydrogen (secondary N) is 1. The van der Waals surface area contributed by atoms with Gasteiger partial charge >= 0.3 is 5.69 Å². The topological polar surface area (TPSA) is 67.8 Å². The van der Waals surface area contributed by atoms with Gasteiger partial charge in [0.25, 0.3) is 0 Å². The SMILES string of the molecule is CCCn1c(SCC(=O)c2cc(CC)ccc2CC)n[nH]c1=O. The number of H-pyrrole nitrogens is 1. The molecule has 1 aromatic heterocycles. The van der Waals surface area contributed by atoms with Gasteiger partial charge in [0.2, 0.25) is 0 Å². The molecule has 124 valence electrons. The summed E-state index contributed by atoms with van der Waals surface area (Å²) >= 11 is 1.31. The number of hydrogen-bond acceptors (Lipinski definition) is 4. The second-order valence-electron chi connectivity index (χ2n) is 5.37. The fourth-order valence-electron chi connectivity index (χ4n) is 2.45. The monoisotopic (exact) mass is 333 g/mol. The first-order valence-electron chi connectivity index (χ1n) is 8.03. The molecule has 2 rings (SSSR count). The van der Waals surface area contributed by atoms with E-state index in [2.05, 4.69) is 30.1 Å². The van der Waals surface area contributed by atoms with Crippen LogP contribution in [0.4, 0.5) is 0 Å². The van der Waals surface area contributed by atoms with Crippen molar-refractivity contribution in [2.24, 2.45) is 0 Å². The Morgan fingerprint density at radius 1 is 1.26 bits per heavy atom. The number of thioether (sulfide) groups is 1. The Hall–Kier alpha value is -1.82. The van der Waals surface area contributed by atoms with E-state index in [-0.39, 0.29) is 17.2 Å². The van der Waals surface area contributed by atoms with E-state index in [4.69, 9.17) is 0 Å². The molecule has 23 heavy (non-hydrogen) atoms. The highest BCUT2D eigenvalue weighted by Crippen LogP contribution is 2.19. The van der Waals surface area contributed by atoms with Gasteiger partial charge in [0, 0.05) is 12.1 Å². The lowest BCUT2D eigenvalue weighted by atomic mass is 9.98. The molecule has 6 heteroatoms. The number of Topliss-reactive ketones (excluding diaryl/α,β-unsaturated/α-hetero) is 1.